The van der Waals surface area contributed by atoms with Gasteiger partial charge in [0.2, 0.25) is 0 Å². The summed E-state index contributed by atoms with van der Waals surface area (Å²) in [7, 11) is 0. The quantitative estimate of drug-likeness (QED) is 0.720. The van der Waals surface area contributed by atoms with E-state index in [9.17, 15) is 0 Å². The lowest BCUT2D eigenvalue weighted by atomic mass is 10.0. The summed E-state index contributed by atoms with van der Waals surface area (Å²) in [6.45, 7) is 3.77. The number of allylic oxidation sites excluding steroid dienone is 4. The summed E-state index contributed by atoms with van der Waals surface area (Å²) in [5, 5.41) is 8.30. The minimum Gasteiger partial charge on any atom is -0.405 e. The predicted molar refractivity (Wildman–Crippen MR) is 90.8 cm³/mol. The first-order valence-electron chi connectivity index (χ1n) is 6.95. The molecule has 2 aromatic heterocycles. The Labute approximate surface area is 128 Å². The van der Waals surface area contributed by atoms with E-state index in [4.69, 9.17) is 5.73 Å². The number of benzene rings is 1. The van der Waals surface area contributed by atoms with Crippen molar-refractivity contribution >= 4 is 16.6 Å². The van der Waals surface area contributed by atoms with E-state index < -0.39 is 0 Å². The summed E-state index contributed by atoms with van der Waals surface area (Å²) < 4.78 is 0. The second-order valence-electron chi connectivity index (χ2n) is 4.75. The molecule has 3 rings (SSSR count). The van der Waals surface area contributed by atoms with E-state index in [1.54, 1.807) is 12.3 Å². The largest absolute Gasteiger partial charge is 0.405 e. The Hall–Kier alpha value is -3.14. The SMILES string of the molecule is C=C/C=C(\C=C/N)c1[nH]c2ccnnc2c1-c1ccccc1. The van der Waals surface area contributed by atoms with Crippen molar-refractivity contribution in [1.82, 2.24) is 15.2 Å². The van der Waals surface area contributed by atoms with E-state index >= 15 is 0 Å². The van der Waals surface area contributed by atoms with E-state index in [1.807, 2.05) is 36.4 Å². The minimum absolute atomic E-state index is 0.837. The van der Waals surface area contributed by atoms with Gasteiger partial charge in [-0.15, -0.1) is 5.10 Å². The molecule has 0 bridgehead atoms. The van der Waals surface area contributed by atoms with Crippen LogP contribution in [0.2, 0.25) is 0 Å². The molecule has 22 heavy (non-hydrogen) atoms. The van der Waals surface area contributed by atoms with Crippen LogP contribution in [0.25, 0.3) is 27.7 Å². The van der Waals surface area contributed by atoms with E-state index in [-0.39, 0.29) is 0 Å². The highest BCUT2D eigenvalue weighted by Gasteiger charge is 2.16. The number of aromatic amines is 1. The Balaban J connectivity index is 2.35. The summed E-state index contributed by atoms with van der Waals surface area (Å²) in [5.41, 5.74) is 11.3. The number of nitrogens with zero attached hydrogens (tertiary/aromatic N) is 2. The maximum Gasteiger partial charge on any atom is 0.119 e. The number of nitrogens with two attached hydrogens (primary N) is 1. The molecule has 0 aliphatic rings. The van der Waals surface area contributed by atoms with Crippen LogP contribution in [0.5, 0.6) is 0 Å². The first kappa shape index (κ1) is 13.8. The average Bonchev–Trinajstić information content (AvgIpc) is 2.95. The maximum atomic E-state index is 5.58. The zero-order valence-electron chi connectivity index (χ0n) is 12.0. The first-order chi connectivity index (χ1) is 10.8. The van der Waals surface area contributed by atoms with Gasteiger partial charge >= 0.3 is 0 Å². The molecule has 3 N–H and O–H groups in total. The summed E-state index contributed by atoms with van der Waals surface area (Å²) in [4.78, 5) is 3.41. The fraction of sp³-hybridized carbons (Fsp3) is 0. The van der Waals surface area contributed by atoms with Crippen LogP contribution in [-0.2, 0) is 0 Å². The van der Waals surface area contributed by atoms with Gasteiger partial charge in [-0.2, -0.15) is 5.10 Å². The van der Waals surface area contributed by atoms with Gasteiger partial charge in [0.05, 0.1) is 17.4 Å². The molecule has 4 nitrogen and oxygen atoms in total. The fourth-order valence-electron chi connectivity index (χ4n) is 2.49. The van der Waals surface area contributed by atoms with Crippen molar-refractivity contribution in [2.24, 2.45) is 5.73 Å². The first-order valence-corrected chi connectivity index (χ1v) is 6.95. The standard InChI is InChI=1S/C18H16N4/c1-2-6-14(9-11-19)17-16(13-7-4-3-5-8-13)18-15(21-17)10-12-20-22-18/h2-12,21H,1,19H2/b11-9-,14-6+. The summed E-state index contributed by atoms with van der Waals surface area (Å²) in [6, 6.07) is 12.0. The monoisotopic (exact) mass is 288 g/mol. The van der Waals surface area contributed by atoms with Crippen LogP contribution in [0.3, 0.4) is 0 Å². The lowest BCUT2D eigenvalue weighted by Gasteiger charge is -2.05. The topological polar surface area (TPSA) is 67.6 Å². The van der Waals surface area contributed by atoms with Crippen molar-refractivity contribution in [3.63, 3.8) is 0 Å². The van der Waals surface area contributed by atoms with E-state index in [2.05, 4.69) is 33.9 Å². The van der Waals surface area contributed by atoms with Crippen LogP contribution in [0, 0.1) is 0 Å². The number of hydrogen-bond acceptors (Lipinski definition) is 3. The average molecular weight is 288 g/mol. The minimum atomic E-state index is 0.837. The Morgan fingerprint density at radius 2 is 2.00 bits per heavy atom. The number of rotatable bonds is 4. The van der Waals surface area contributed by atoms with Crippen molar-refractivity contribution < 1.29 is 0 Å². The smallest absolute Gasteiger partial charge is 0.119 e. The maximum absolute atomic E-state index is 5.58. The van der Waals surface area contributed by atoms with Crippen molar-refractivity contribution in [3.8, 4) is 11.1 Å². The molecule has 0 unspecified atom stereocenters. The molecule has 0 fully saturated rings. The lowest BCUT2D eigenvalue weighted by Crippen LogP contribution is -1.88. The molecule has 0 atom stereocenters. The van der Waals surface area contributed by atoms with Gasteiger partial charge in [-0.3, -0.25) is 0 Å². The van der Waals surface area contributed by atoms with Crippen LogP contribution in [0.1, 0.15) is 5.69 Å². The molecule has 2 heterocycles. The van der Waals surface area contributed by atoms with Crippen LogP contribution in [0.15, 0.2) is 73.6 Å². The number of hydrogen-bond donors (Lipinski definition) is 2. The van der Waals surface area contributed by atoms with Crippen molar-refractivity contribution in [2.45, 2.75) is 0 Å². The number of aromatic nitrogens is 3. The molecule has 3 aromatic rings. The Bertz CT molecular complexity index is 857. The number of fused-ring (bicyclic) bond motifs is 1. The van der Waals surface area contributed by atoms with E-state index in [0.717, 1.165) is 33.4 Å². The fourth-order valence-corrected chi connectivity index (χ4v) is 2.49. The highest BCUT2D eigenvalue weighted by atomic mass is 15.1. The van der Waals surface area contributed by atoms with Crippen molar-refractivity contribution in [2.75, 3.05) is 0 Å². The van der Waals surface area contributed by atoms with Gasteiger partial charge in [-0.1, -0.05) is 49.1 Å². The van der Waals surface area contributed by atoms with Gasteiger partial charge in [-0.25, -0.2) is 0 Å². The van der Waals surface area contributed by atoms with Gasteiger partial charge in [0.25, 0.3) is 0 Å². The van der Waals surface area contributed by atoms with Crippen LogP contribution in [0.4, 0.5) is 0 Å². The normalized spacial score (nSPS) is 12.1. The molecular weight excluding hydrogens is 272 g/mol. The highest BCUT2D eigenvalue weighted by Crippen LogP contribution is 2.34. The summed E-state index contributed by atoms with van der Waals surface area (Å²) in [6.07, 6.45) is 8.68. The summed E-state index contributed by atoms with van der Waals surface area (Å²) in [5.74, 6) is 0. The van der Waals surface area contributed by atoms with Crippen LogP contribution < -0.4 is 5.73 Å². The Kier molecular flexibility index (Phi) is 3.83. The molecule has 1 aromatic carbocycles. The molecule has 108 valence electrons. The van der Waals surface area contributed by atoms with Gasteiger partial charge < -0.3 is 10.7 Å². The van der Waals surface area contributed by atoms with Gasteiger partial charge in [-0.05, 0) is 23.9 Å². The number of nitrogens with one attached hydrogen (secondary N) is 1. The zero-order valence-corrected chi connectivity index (χ0v) is 12.0. The molecule has 0 spiro atoms. The molecule has 0 saturated heterocycles. The van der Waals surface area contributed by atoms with Gasteiger partial charge in [0, 0.05) is 11.1 Å². The molecular formula is C18H16N4. The number of H-pyrrole nitrogens is 1. The second kappa shape index (κ2) is 6.10. The Morgan fingerprint density at radius 3 is 2.73 bits per heavy atom. The molecule has 0 radical (unpaired) electrons. The third kappa shape index (κ3) is 2.42. The molecule has 4 heteroatoms. The lowest BCUT2D eigenvalue weighted by molar-refractivity contribution is 1.08. The molecule has 0 aliphatic heterocycles. The van der Waals surface area contributed by atoms with Crippen LogP contribution in [-0.4, -0.2) is 15.2 Å². The van der Waals surface area contributed by atoms with Gasteiger partial charge in [0.15, 0.2) is 0 Å². The molecule has 0 aliphatic carbocycles. The third-order valence-corrected chi connectivity index (χ3v) is 3.39. The van der Waals surface area contributed by atoms with E-state index in [0.29, 0.717) is 0 Å². The highest BCUT2D eigenvalue weighted by molar-refractivity contribution is 6.00. The third-order valence-electron chi connectivity index (χ3n) is 3.39. The van der Waals surface area contributed by atoms with Crippen molar-refractivity contribution in [1.29, 1.82) is 0 Å². The Morgan fingerprint density at radius 1 is 1.18 bits per heavy atom. The van der Waals surface area contributed by atoms with E-state index in [1.165, 1.54) is 6.20 Å². The molecule has 0 amide bonds. The zero-order chi connectivity index (χ0) is 15.4. The van der Waals surface area contributed by atoms with Crippen LogP contribution >= 0.6 is 0 Å². The van der Waals surface area contributed by atoms with Gasteiger partial charge in [0.1, 0.15) is 5.52 Å². The molecule has 0 saturated carbocycles. The second-order valence-corrected chi connectivity index (χ2v) is 4.75. The van der Waals surface area contributed by atoms with Crippen molar-refractivity contribution in [3.05, 3.63) is 79.3 Å². The summed E-state index contributed by atoms with van der Waals surface area (Å²) >= 11 is 0. The predicted octanol–water partition coefficient (Wildman–Crippen LogP) is 3.67.